The monoisotopic (exact) mass is 190 g/mol. The van der Waals surface area contributed by atoms with Gasteiger partial charge in [0.2, 0.25) is 0 Å². The molecule has 0 amide bonds. The quantitative estimate of drug-likeness (QED) is 0.733. The lowest BCUT2D eigenvalue weighted by atomic mass is 10.2. The van der Waals surface area contributed by atoms with Crippen LogP contribution in [0.3, 0.4) is 0 Å². The maximum atomic E-state index is 5.74. The van der Waals surface area contributed by atoms with Gasteiger partial charge < -0.3 is 10.2 Å². The molecule has 72 valence electrons. The van der Waals surface area contributed by atoms with E-state index in [1.165, 1.54) is 6.20 Å². The molecule has 0 saturated heterocycles. The van der Waals surface area contributed by atoms with Gasteiger partial charge in [-0.15, -0.1) is 0 Å². The summed E-state index contributed by atoms with van der Waals surface area (Å²) < 4.78 is 5.42. The van der Waals surface area contributed by atoms with Gasteiger partial charge in [0.25, 0.3) is 0 Å². The molecule has 2 rings (SSSR count). The minimum absolute atomic E-state index is 0.541. The Morgan fingerprint density at radius 1 is 1.21 bits per heavy atom. The third-order valence-electron chi connectivity index (χ3n) is 1.91. The summed E-state index contributed by atoms with van der Waals surface area (Å²) in [6.45, 7) is 3.66. The number of nitrogens with zero attached hydrogens (tertiary/aromatic N) is 3. The Morgan fingerprint density at radius 3 is 2.50 bits per heavy atom. The molecule has 5 heteroatoms. The van der Waals surface area contributed by atoms with E-state index in [0.717, 1.165) is 11.3 Å². The van der Waals surface area contributed by atoms with Gasteiger partial charge in [-0.2, -0.15) is 10.2 Å². The van der Waals surface area contributed by atoms with Crippen LogP contribution < -0.4 is 5.73 Å². The highest BCUT2D eigenvalue weighted by atomic mass is 16.4. The standard InChI is InChI=1S/C9H10N4O/c1-5-9(14-6(2)13-5)7-3-11-12-4-8(7)10/h3-4H,1-2H3,(H2,10,11). The Balaban J connectivity index is 2.60. The van der Waals surface area contributed by atoms with Crippen LogP contribution in [-0.2, 0) is 0 Å². The van der Waals surface area contributed by atoms with Crippen LogP contribution in [0.1, 0.15) is 11.6 Å². The zero-order valence-corrected chi connectivity index (χ0v) is 7.98. The molecular formula is C9H10N4O. The summed E-state index contributed by atoms with van der Waals surface area (Å²) in [7, 11) is 0. The van der Waals surface area contributed by atoms with Crippen LogP contribution in [0.5, 0.6) is 0 Å². The van der Waals surface area contributed by atoms with Crippen molar-refractivity contribution in [2.75, 3.05) is 5.73 Å². The van der Waals surface area contributed by atoms with E-state index in [-0.39, 0.29) is 0 Å². The second kappa shape index (κ2) is 3.10. The predicted molar refractivity (Wildman–Crippen MR) is 51.4 cm³/mol. The number of oxazole rings is 1. The zero-order valence-electron chi connectivity index (χ0n) is 7.98. The maximum Gasteiger partial charge on any atom is 0.192 e. The van der Waals surface area contributed by atoms with E-state index in [9.17, 15) is 0 Å². The Hall–Kier alpha value is -1.91. The fourth-order valence-electron chi connectivity index (χ4n) is 1.30. The highest BCUT2D eigenvalue weighted by molar-refractivity contribution is 5.71. The number of aromatic nitrogens is 3. The molecule has 0 atom stereocenters. The second-order valence-corrected chi connectivity index (χ2v) is 3.01. The Morgan fingerprint density at radius 2 is 1.93 bits per heavy atom. The average molecular weight is 190 g/mol. The molecule has 0 aliphatic heterocycles. The van der Waals surface area contributed by atoms with Crippen molar-refractivity contribution < 1.29 is 4.42 Å². The van der Waals surface area contributed by atoms with Gasteiger partial charge in [0.15, 0.2) is 11.7 Å². The van der Waals surface area contributed by atoms with E-state index in [0.29, 0.717) is 17.3 Å². The Labute approximate surface area is 81.0 Å². The average Bonchev–Trinajstić information content (AvgIpc) is 2.46. The van der Waals surface area contributed by atoms with E-state index in [4.69, 9.17) is 10.2 Å². The molecule has 5 nitrogen and oxygen atoms in total. The summed E-state index contributed by atoms with van der Waals surface area (Å²) in [6.07, 6.45) is 3.06. The molecule has 14 heavy (non-hydrogen) atoms. The smallest absolute Gasteiger partial charge is 0.192 e. The SMILES string of the molecule is Cc1nc(C)c(-c2cnncc2N)o1. The fourth-order valence-corrected chi connectivity index (χ4v) is 1.30. The highest BCUT2D eigenvalue weighted by Gasteiger charge is 2.12. The molecular weight excluding hydrogens is 180 g/mol. The van der Waals surface area contributed by atoms with Gasteiger partial charge in [0.05, 0.1) is 29.3 Å². The lowest BCUT2D eigenvalue weighted by molar-refractivity contribution is 0.534. The number of nitrogens with two attached hydrogens (primary N) is 1. The maximum absolute atomic E-state index is 5.74. The number of anilines is 1. The minimum Gasteiger partial charge on any atom is -0.441 e. The van der Waals surface area contributed by atoms with Gasteiger partial charge >= 0.3 is 0 Å². The molecule has 0 unspecified atom stereocenters. The number of hydrogen-bond acceptors (Lipinski definition) is 5. The highest BCUT2D eigenvalue weighted by Crippen LogP contribution is 2.27. The predicted octanol–water partition coefficient (Wildman–Crippen LogP) is 1.33. The van der Waals surface area contributed by atoms with Gasteiger partial charge in [0, 0.05) is 6.92 Å². The van der Waals surface area contributed by atoms with Gasteiger partial charge in [-0.05, 0) is 6.92 Å². The molecule has 2 heterocycles. The third-order valence-corrected chi connectivity index (χ3v) is 1.91. The summed E-state index contributed by atoms with van der Waals surface area (Å²) >= 11 is 0. The van der Waals surface area contributed by atoms with E-state index in [1.54, 1.807) is 13.1 Å². The first kappa shape index (κ1) is 8.68. The molecule has 0 saturated carbocycles. The Bertz CT molecular complexity index is 464. The molecule has 0 bridgehead atoms. The zero-order chi connectivity index (χ0) is 10.1. The van der Waals surface area contributed by atoms with Crippen molar-refractivity contribution in [3.63, 3.8) is 0 Å². The topological polar surface area (TPSA) is 77.8 Å². The van der Waals surface area contributed by atoms with Crippen molar-refractivity contribution in [2.24, 2.45) is 0 Å². The summed E-state index contributed by atoms with van der Waals surface area (Å²) in [4.78, 5) is 4.16. The number of hydrogen-bond donors (Lipinski definition) is 1. The van der Waals surface area contributed by atoms with Gasteiger partial charge in [-0.1, -0.05) is 0 Å². The molecule has 0 aromatic carbocycles. The van der Waals surface area contributed by atoms with E-state index in [2.05, 4.69) is 15.2 Å². The normalized spacial score (nSPS) is 10.4. The largest absolute Gasteiger partial charge is 0.441 e. The third kappa shape index (κ3) is 1.32. The molecule has 0 radical (unpaired) electrons. The first-order chi connectivity index (χ1) is 6.68. The first-order valence-corrected chi connectivity index (χ1v) is 4.19. The van der Waals surface area contributed by atoms with Crippen molar-refractivity contribution in [3.8, 4) is 11.3 Å². The first-order valence-electron chi connectivity index (χ1n) is 4.19. The lowest BCUT2D eigenvalue weighted by Gasteiger charge is -1.99. The van der Waals surface area contributed by atoms with Crippen LogP contribution in [0.25, 0.3) is 11.3 Å². The molecule has 0 spiro atoms. The van der Waals surface area contributed by atoms with Crippen molar-refractivity contribution in [3.05, 3.63) is 24.0 Å². The van der Waals surface area contributed by atoms with Crippen molar-refractivity contribution in [2.45, 2.75) is 13.8 Å². The van der Waals surface area contributed by atoms with Gasteiger partial charge in [0.1, 0.15) is 0 Å². The summed E-state index contributed by atoms with van der Waals surface area (Å²) in [6, 6.07) is 0. The van der Waals surface area contributed by atoms with Crippen LogP contribution in [0.2, 0.25) is 0 Å². The van der Waals surface area contributed by atoms with Crippen LogP contribution >= 0.6 is 0 Å². The van der Waals surface area contributed by atoms with Crippen LogP contribution in [-0.4, -0.2) is 15.2 Å². The van der Waals surface area contributed by atoms with Gasteiger partial charge in [-0.3, -0.25) is 0 Å². The molecule has 0 fully saturated rings. The molecule has 2 aromatic heterocycles. The van der Waals surface area contributed by atoms with E-state index in [1.807, 2.05) is 6.92 Å². The molecule has 2 N–H and O–H groups in total. The fraction of sp³-hybridized carbons (Fsp3) is 0.222. The molecule has 0 aliphatic carbocycles. The summed E-state index contributed by atoms with van der Waals surface area (Å²) in [5.74, 6) is 1.28. The van der Waals surface area contributed by atoms with Crippen molar-refractivity contribution in [1.82, 2.24) is 15.2 Å². The number of nitrogen functional groups attached to an aromatic ring is 1. The van der Waals surface area contributed by atoms with Crippen LogP contribution in [0.15, 0.2) is 16.8 Å². The Kier molecular flexibility index (Phi) is 1.92. The second-order valence-electron chi connectivity index (χ2n) is 3.01. The van der Waals surface area contributed by atoms with E-state index < -0.39 is 0 Å². The van der Waals surface area contributed by atoms with Crippen LogP contribution in [0.4, 0.5) is 5.69 Å². The molecule has 2 aromatic rings. The van der Waals surface area contributed by atoms with E-state index >= 15 is 0 Å². The number of aryl methyl sites for hydroxylation is 2. The number of rotatable bonds is 1. The summed E-state index contributed by atoms with van der Waals surface area (Å²) in [5.41, 5.74) is 7.82. The van der Waals surface area contributed by atoms with Crippen molar-refractivity contribution in [1.29, 1.82) is 0 Å². The van der Waals surface area contributed by atoms with Crippen LogP contribution in [0, 0.1) is 13.8 Å². The van der Waals surface area contributed by atoms with Crippen molar-refractivity contribution >= 4 is 5.69 Å². The lowest BCUT2D eigenvalue weighted by Crippen LogP contribution is -1.93. The summed E-state index contributed by atoms with van der Waals surface area (Å²) in [5, 5.41) is 7.42. The minimum atomic E-state index is 0.541. The van der Waals surface area contributed by atoms with Gasteiger partial charge in [-0.25, -0.2) is 4.98 Å². The molecule has 0 aliphatic rings.